The van der Waals surface area contributed by atoms with Gasteiger partial charge in [-0.3, -0.25) is 4.79 Å². The predicted molar refractivity (Wildman–Crippen MR) is 64.7 cm³/mol. The third-order valence-corrected chi connectivity index (χ3v) is 2.58. The average Bonchev–Trinajstić information content (AvgIpc) is 2.26. The Morgan fingerprint density at radius 3 is 2.82 bits per heavy atom. The normalized spacial score (nSPS) is 12.2. The second-order valence-electron chi connectivity index (χ2n) is 4.24. The molecule has 94 valence electrons. The first-order valence-electron chi connectivity index (χ1n) is 5.74. The van der Waals surface area contributed by atoms with Gasteiger partial charge in [-0.15, -0.1) is 0 Å². The van der Waals surface area contributed by atoms with Crippen LogP contribution in [0.15, 0.2) is 6.20 Å². The Kier molecular flexibility index (Phi) is 5.03. The summed E-state index contributed by atoms with van der Waals surface area (Å²) in [4.78, 5) is 20.0. The van der Waals surface area contributed by atoms with E-state index in [4.69, 9.17) is 5.11 Å². The second kappa shape index (κ2) is 6.30. The molecule has 2 N–H and O–H groups in total. The highest BCUT2D eigenvalue weighted by Crippen LogP contribution is 2.04. The maximum absolute atomic E-state index is 11.8. The lowest BCUT2D eigenvalue weighted by Gasteiger charge is -2.11. The fraction of sp³-hybridized carbons (Fsp3) is 0.583. The third kappa shape index (κ3) is 4.11. The van der Waals surface area contributed by atoms with Crippen molar-refractivity contribution in [3.05, 3.63) is 23.3 Å². The topological polar surface area (TPSA) is 75.1 Å². The maximum Gasteiger partial charge on any atom is 0.254 e. The molecule has 5 heteroatoms. The zero-order chi connectivity index (χ0) is 12.8. The van der Waals surface area contributed by atoms with Crippen LogP contribution in [0.25, 0.3) is 0 Å². The molecule has 17 heavy (non-hydrogen) atoms. The van der Waals surface area contributed by atoms with Gasteiger partial charge in [-0.2, -0.15) is 0 Å². The quantitative estimate of drug-likeness (QED) is 0.795. The third-order valence-electron chi connectivity index (χ3n) is 2.58. The first-order valence-corrected chi connectivity index (χ1v) is 5.74. The van der Waals surface area contributed by atoms with Crippen molar-refractivity contribution in [1.29, 1.82) is 0 Å². The number of aryl methyl sites for hydroxylation is 2. The minimum absolute atomic E-state index is 0.143. The SMILES string of the molecule is Cc1ncc(C(=O)NCC(C)CCO)c(C)n1. The Morgan fingerprint density at radius 2 is 2.24 bits per heavy atom. The summed E-state index contributed by atoms with van der Waals surface area (Å²) < 4.78 is 0. The summed E-state index contributed by atoms with van der Waals surface area (Å²) in [6, 6.07) is 0. The lowest BCUT2D eigenvalue weighted by atomic mass is 10.1. The number of hydrogen-bond acceptors (Lipinski definition) is 4. The molecule has 1 unspecified atom stereocenters. The fourth-order valence-electron chi connectivity index (χ4n) is 1.49. The molecule has 0 radical (unpaired) electrons. The van der Waals surface area contributed by atoms with Gasteiger partial charge in [0.25, 0.3) is 5.91 Å². The average molecular weight is 237 g/mol. The predicted octanol–water partition coefficient (Wildman–Crippen LogP) is 0.842. The lowest BCUT2D eigenvalue weighted by molar-refractivity contribution is 0.0944. The van der Waals surface area contributed by atoms with E-state index in [2.05, 4.69) is 15.3 Å². The zero-order valence-corrected chi connectivity index (χ0v) is 10.5. The monoisotopic (exact) mass is 237 g/mol. The van der Waals surface area contributed by atoms with Gasteiger partial charge in [-0.1, -0.05) is 6.92 Å². The van der Waals surface area contributed by atoms with E-state index in [1.54, 1.807) is 20.0 Å². The minimum atomic E-state index is -0.160. The Morgan fingerprint density at radius 1 is 1.53 bits per heavy atom. The summed E-state index contributed by atoms with van der Waals surface area (Å²) in [6.07, 6.45) is 2.23. The molecular formula is C12H19N3O2. The van der Waals surface area contributed by atoms with Crippen molar-refractivity contribution in [2.24, 2.45) is 5.92 Å². The van der Waals surface area contributed by atoms with Crippen LogP contribution in [0.2, 0.25) is 0 Å². The molecule has 0 fully saturated rings. The van der Waals surface area contributed by atoms with E-state index in [1.807, 2.05) is 6.92 Å². The number of carbonyl (C=O) groups is 1. The Balaban J connectivity index is 2.58. The largest absolute Gasteiger partial charge is 0.396 e. The van der Waals surface area contributed by atoms with Crippen molar-refractivity contribution in [2.45, 2.75) is 27.2 Å². The highest BCUT2D eigenvalue weighted by atomic mass is 16.3. The maximum atomic E-state index is 11.8. The molecule has 1 rings (SSSR count). The number of carbonyl (C=O) groups excluding carboxylic acids is 1. The first-order chi connectivity index (χ1) is 8.04. The number of aromatic nitrogens is 2. The number of nitrogens with zero attached hydrogens (tertiary/aromatic N) is 2. The zero-order valence-electron chi connectivity index (χ0n) is 10.5. The van der Waals surface area contributed by atoms with Crippen LogP contribution in [0.1, 0.15) is 35.2 Å². The molecule has 5 nitrogen and oxygen atoms in total. The Hall–Kier alpha value is -1.49. The number of hydrogen-bond donors (Lipinski definition) is 2. The standard InChI is InChI=1S/C12H19N3O2/c1-8(4-5-16)6-14-12(17)11-7-13-10(3)15-9(11)2/h7-8,16H,4-6H2,1-3H3,(H,14,17). The first kappa shape index (κ1) is 13.6. The van der Waals surface area contributed by atoms with E-state index in [0.29, 0.717) is 30.0 Å². The van der Waals surface area contributed by atoms with Crippen LogP contribution in [0.4, 0.5) is 0 Å². The summed E-state index contributed by atoms with van der Waals surface area (Å²) >= 11 is 0. The molecule has 0 aliphatic heterocycles. The van der Waals surface area contributed by atoms with Crippen molar-refractivity contribution >= 4 is 5.91 Å². The summed E-state index contributed by atoms with van der Waals surface area (Å²) in [5.74, 6) is 0.760. The summed E-state index contributed by atoms with van der Waals surface area (Å²) in [6.45, 7) is 6.25. The molecule has 0 aromatic carbocycles. The Labute approximate surface area is 101 Å². The van der Waals surface area contributed by atoms with E-state index in [9.17, 15) is 4.79 Å². The van der Waals surface area contributed by atoms with Crippen LogP contribution in [0.3, 0.4) is 0 Å². The molecule has 1 aromatic rings. The molecule has 1 atom stereocenters. The molecule has 1 aromatic heterocycles. The van der Waals surface area contributed by atoms with Crippen LogP contribution < -0.4 is 5.32 Å². The fourth-order valence-corrected chi connectivity index (χ4v) is 1.49. The van der Waals surface area contributed by atoms with Gasteiger partial charge in [-0.25, -0.2) is 9.97 Å². The number of amides is 1. The minimum Gasteiger partial charge on any atom is -0.396 e. The van der Waals surface area contributed by atoms with Gasteiger partial charge < -0.3 is 10.4 Å². The number of aliphatic hydroxyl groups is 1. The van der Waals surface area contributed by atoms with Crippen molar-refractivity contribution in [2.75, 3.05) is 13.2 Å². The van der Waals surface area contributed by atoms with E-state index >= 15 is 0 Å². The van der Waals surface area contributed by atoms with Gasteiger partial charge in [0, 0.05) is 19.3 Å². The van der Waals surface area contributed by atoms with Gasteiger partial charge in [0.2, 0.25) is 0 Å². The van der Waals surface area contributed by atoms with Crippen LogP contribution in [-0.4, -0.2) is 34.1 Å². The van der Waals surface area contributed by atoms with Crippen molar-refractivity contribution < 1.29 is 9.90 Å². The van der Waals surface area contributed by atoms with Crippen LogP contribution >= 0.6 is 0 Å². The molecule has 0 aliphatic rings. The molecule has 0 bridgehead atoms. The van der Waals surface area contributed by atoms with Crippen molar-refractivity contribution in [3.8, 4) is 0 Å². The number of nitrogens with one attached hydrogen (secondary N) is 1. The van der Waals surface area contributed by atoms with E-state index in [-0.39, 0.29) is 18.4 Å². The van der Waals surface area contributed by atoms with Crippen LogP contribution in [-0.2, 0) is 0 Å². The molecule has 1 heterocycles. The summed E-state index contributed by atoms with van der Waals surface area (Å²) in [7, 11) is 0. The number of aliphatic hydroxyl groups excluding tert-OH is 1. The highest BCUT2D eigenvalue weighted by Gasteiger charge is 2.11. The summed E-state index contributed by atoms with van der Waals surface area (Å²) in [5, 5.41) is 11.6. The van der Waals surface area contributed by atoms with Gasteiger partial charge in [0.15, 0.2) is 0 Å². The molecule has 0 spiro atoms. The second-order valence-corrected chi connectivity index (χ2v) is 4.24. The van der Waals surface area contributed by atoms with Gasteiger partial charge >= 0.3 is 0 Å². The van der Waals surface area contributed by atoms with E-state index in [1.165, 1.54) is 0 Å². The number of rotatable bonds is 5. The lowest BCUT2D eigenvalue weighted by Crippen LogP contribution is -2.29. The molecule has 0 saturated heterocycles. The molecule has 0 aliphatic carbocycles. The van der Waals surface area contributed by atoms with Gasteiger partial charge in [0.05, 0.1) is 11.3 Å². The Bertz CT molecular complexity index is 393. The van der Waals surface area contributed by atoms with Gasteiger partial charge in [0.1, 0.15) is 5.82 Å². The van der Waals surface area contributed by atoms with Crippen molar-refractivity contribution in [3.63, 3.8) is 0 Å². The highest BCUT2D eigenvalue weighted by molar-refractivity contribution is 5.94. The van der Waals surface area contributed by atoms with E-state index in [0.717, 1.165) is 0 Å². The molecule has 0 saturated carbocycles. The summed E-state index contributed by atoms with van der Waals surface area (Å²) in [5.41, 5.74) is 1.19. The van der Waals surface area contributed by atoms with Crippen LogP contribution in [0, 0.1) is 19.8 Å². The van der Waals surface area contributed by atoms with E-state index < -0.39 is 0 Å². The smallest absolute Gasteiger partial charge is 0.254 e. The van der Waals surface area contributed by atoms with Gasteiger partial charge in [-0.05, 0) is 26.2 Å². The van der Waals surface area contributed by atoms with Crippen molar-refractivity contribution in [1.82, 2.24) is 15.3 Å². The molecular weight excluding hydrogens is 218 g/mol. The van der Waals surface area contributed by atoms with Crippen LogP contribution in [0.5, 0.6) is 0 Å². The molecule has 1 amide bonds.